The molecule has 0 bridgehead atoms. The van der Waals surface area contributed by atoms with Crippen molar-refractivity contribution in [3.63, 3.8) is 0 Å². The first-order valence-corrected chi connectivity index (χ1v) is 4.80. The summed E-state index contributed by atoms with van der Waals surface area (Å²) in [6.07, 6.45) is 5.18. The predicted octanol–water partition coefficient (Wildman–Crippen LogP) is 2.15. The van der Waals surface area contributed by atoms with Crippen LogP contribution in [0.25, 0.3) is 6.08 Å². The zero-order chi connectivity index (χ0) is 9.26. The predicted molar refractivity (Wildman–Crippen MR) is 56.5 cm³/mol. The fraction of sp³-hybridized carbons (Fsp3) is 0.333. The molecule has 2 N–H and O–H groups in total. The molecule has 1 heteroatoms. The standard InChI is InChI=1S/C12H15N/c1-2-9-4-3-5-10-6-7-11(13)8-12(9)10/h2-5,11H,1,6-8,13H2/t11-/m1/s1. The average Bonchev–Trinajstić information content (AvgIpc) is 2.17. The van der Waals surface area contributed by atoms with Gasteiger partial charge in [0, 0.05) is 6.04 Å². The Morgan fingerprint density at radius 3 is 3.08 bits per heavy atom. The third kappa shape index (κ3) is 1.52. The second kappa shape index (κ2) is 3.35. The summed E-state index contributed by atoms with van der Waals surface area (Å²) in [5.74, 6) is 0. The molecule has 0 fully saturated rings. The Bertz CT molecular complexity index is 328. The van der Waals surface area contributed by atoms with E-state index in [0.717, 1.165) is 19.3 Å². The van der Waals surface area contributed by atoms with Gasteiger partial charge >= 0.3 is 0 Å². The Labute approximate surface area is 79.3 Å². The van der Waals surface area contributed by atoms with Gasteiger partial charge in [0.25, 0.3) is 0 Å². The Morgan fingerprint density at radius 2 is 2.31 bits per heavy atom. The molecule has 13 heavy (non-hydrogen) atoms. The second-order valence-corrected chi connectivity index (χ2v) is 3.69. The zero-order valence-electron chi connectivity index (χ0n) is 7.79. The second-order valence-electron chi connectivity index (χ2n) is 3.69. The van der Waals surface area contributed by atoms with Crippen LogP contribution in [0.4, 0.5) is 0 Å². The molecule has 0 radical (unpaired) electrons. The molecule has 0 spiro atoms. The third-order valence-corrected chi connectivity index (χ3v) is 2.78. The molecule has 1 aliphatic carbocycles. The van der Waals surface area contributed by atoms with E-state index in [2.05, 4.69) is 24.8 Å². The summed E-state index contributed by atoms with van der Waals surface area (Å²) in [7, 11) is 0. The molecule has 0 heterocycles. The van der Waals surface area contributed by atoms with E-state index in [-0.39, 0.29) is 0 Å². The molecule has 0 aliphatic heterocycles. The van der Waals surface area contributed by atoms with Crippen LogP contribution < -0.4 is 5.73 Å². The van der Waals surface area contributed by atoms with Gasteiger partial charge in [0.15, 0.2) is 0 Å². The summed E-state index contributed by atoms with van der Waals surface area (Å²) >= 11 is 0. The fourth-order valence-electron chi connectivity index (χ4n) is 2.03. The molecule has 1 aromatic carbocycles. The molecule has 2 rings (SSSR count). The van der Waals surface area contributed by atoms with Crippen LogP contribution in [0.5, 0.6) is 0 Å². The van der Waals surface area contributed by atoms with Gasteiger partial charge in [0.2, 0.25) is 0 Å². The minimum absolute atomic E-state index is 0.341. The fourth-order valence-corrected chi connectivity index (χ4v) is 2.03. The first-order chi connectivity index (χ1) is 6.31. The maximum absolute atomic E-state index is 5.94. The van der Waals surface area contributed by atoms with Gasteiger partial charge in [-0.15, -0.1) is 0 Å². The summed E-state index contributed by atoms with van der Waals surface area (Å²) in [6, 6.07) is 6.76. The van der Waals surface area contributed by atoms with E-state index < -0.39 is 0 Å². The van der Waals surface area contributed by atoms with E-state index in [1.807, 2.05) is 6.08 Å². The highest BCUT2D eigenvalue weighted by molar-refractivity contribution is 5.55. The molecule has 0 aromatic heterocycles. The van der Waals surface area contributed by atoms with E-state index in [0.29, 0.717) is 6.04 Å². The monoisotopic (exact) mass is 173 g/mol. The Morgan fingerprint density at radius 1 is 1.46 bits per heavy atom. The van der Waals surface area contributed by atoms with Gasteiger partial charge in [0.05, 0.1) is 0 Å². The van der Waals surface area contributed by atoms with Gasteiger partial charge in [-0.3, -0.25) is 0 Å². The molecular formula is C12H15N. The van der Waals surface area contributed by atoms with Gasteiger partial charge in [-0.1, -0.05) is 30.9 Å². The molecular weight excluding hydrogens is 158 g/mol. The van der Waals surface area contributed by atoms with Crippen LogP contribution in [0, 0.1) is 0 Å². The van der Waals surface area contributed by atoms with Crippen molar-refractivity contribution >= 4 is 6.08 Å². The number of fused-ring (bicyclic) bond motifs is 1. The number of nitrogens with two attached hydrogens (primary N) is 1. The molecule has 1 aromatic rings. The van der Waals surface area contributed by atoms with E-state index in [9.17, 15) is 0 Å². The van der Waals surface area contributed by atoms with Crippen molar-refractivity contribution in [2.24, 2.45) is 5.73 Å². The molecule has 0 amide bonds. The van der Waals surface area contributed by atoms with Crippen molar-refractivity contribution in [1.29, 1.82) is 0 Å². The molecule has 0 saturated heterocycles. The van der Waals surface area contributed by atoms with E-state index >= 15 is 0 Å². The quantitative estimate of drug-likeness (QED) is 0.692. The average molecular weight is 173 g/mol. The van der Waals surface area contributed by atoms with Gasteiger partial charge in [-0.25, -0.2) is 0 Å². The summed E-state index contributed by atoms with van der Waals surface area (Å²) in [4.78, 5) is 0. The number of rotatable bonds is 1. The molecule has 68 valence electrons. The largest absolute Gasteiger partial charge is 0.327 e. The van der Waals surface area contributed by atoms with Crippen LogP contribution in [-0.2, 0) is 12.8 Å². The maximum Gasteiger partial charge on any atom is 0.00828 e. The van der Waals surface area contributed by atoms with Gasteiger partial charge in [-0.2, -0.15) is 0 Å². The van der Waals surface area contributed by atoms with E-state index in [1.165, 1.54) is 16.7 Å². The summed E-state index contributed by atoms with van der Waals surface area (Å²) in [6.45, 7) is 3.82. The highest BCUT2D eigenvalue weighted by Crippen LogP contribution is 2.24. The van der Waals surface area contributed by atoms with Crippen molar-refractivity contribution in [2.75, 3.05) is 0 Å². The minimum Gasteiger partial charge on any atom is -0.327 e. The summed E-state index contributed by atoms with van der Waals surface area (Å²) < 4.78 is 0. The SMILES string of the molecule is C=Cc1cccc2c1C[C@H](N)CC2. The Balaban J connectivity index is 2.46. The summed E-state index contributed by atoms with van der Waals surface area (Å²) in [5, 5.41) is 0. The number of benzene rings is 1. The normalized spacial score (nSPS) is 20.8. The van der Waals surface area contributed by atoms with Crippen LogP contribution in [-0.4, -0.2) is 6.04 Å². The van der Waals surface area contributed by atoms with Gasteiger partial charge in [0.1, 0.15) is 0 Å². The van der Waals surface area contributed by atoms with Crippen LogP contribution in [0.2, 0.25) is 0 Å². The Hall–Kier alpha value is -1.08. The van der Waals surface area contributed by atoms with Crippen molar-refractivity contribution in [2.45, 2.75) is 25.3 Å². The third-order valence-electron chi connectivity index (χ3n) is 2.78. The maximum atomic E-state index is 5.94. The smallest absolute Gasteiger partial charge is 0.00828 e. The van der Waals surface area contributed by atoms with Crippen LogP contribution >= 0.6 is 0 Å². The molecule has 1 aliphatic rings. The zero-order valence-corrected chi connectivity index (χ0v) is 7.79. The molecule has 1 nitrogen and oxygen atoms in total. The van der Waals surface area contributed by atoms with Crippen molar-refractivity contribution < 1.29 is 0 Å². The lowest BCUT2D eigenvalue weighted by atomic mass is 9.86. The van der Waals surface area contributed by atoms with Gasteiger partial charge < -0.3 is 5.73 Å². The van der Waals surface area contributed by atoms with E-state index in [4.69, 9.17) is 5.73 Å². The van der Waals surface area contributed by atoms with Crippen LogP contribution in [0.1, 0.15) is 23.1 Å². The molecule has 1 atom stereocenters. The topological polar surface area (TPSA) is 26.0 Å². The van der Waals surface area contributed by atoms with Gasteiger partial charge in [-0.05, 0) is 36.0 Å². The van der Waals surface area contributed by atoms with E-state index in [1.54, 1.807) is 0 Å². The first-order valence-electron chi connectivity index (χ1n) is 4.80. The lowest BCUT2D eigenvalue weighted by molar-refractivity contribution is 0.576. The van der Waals surface area contributed by atoms with Crippen molar-refractivity contribution in [1.82, 2.24) is 0 Å². The van der Waals surface area contributed by atoms with Crippen LogP contribution in [0.3, 0.4) is 0 Å². The summed E-state index contributed by atoms with van der Waals surface area (Å²) in [5.41, 5.74) is 10.1. The van der Waals surface area contributed by atoms with Crippen molar-refractivity contribution in [3.05, 3.63) is 41.5 Å². The molecule has 0 saturated carbocycles. The first kappa shape index (κ1) is 8.52. The Kier molecular flexibility index (Phi) is 2.19. The highest BCUT2D eigenvalue weighted by atomic mass is 14.6. The lowest BCUT2D eigenvalue weighted by Crippen LogP contribution is -2.28. The molecule has 0 unspecified atom stereocenters. The minimum atomic E-state index is 0.341. The number of hydrogen-bond donors (Lipinski definition) is 1. The number of hydrogen-bond acceptors (Lipinski definition) is 1. The highest BCUT2D eigenvalue weighted by Gasteiger charge is 2.16. The van der Waals surface area contributed by atoms with Crippen LogP contribution in [0.15, 0.2) is 24.8 Å². The lowest BCUT2D eigenvalue weighted by Gasteiger charge is -2.22. The number of aryl methyl sites for hydroxylation is 1. The van der Waals surface area contributed by atoms with Crippen molar-refractivity contribution in [3.8, 4) is 0 Å².